The van der Waals surface area contributed by atoms with Crippen molar-refractivity contribution in [1.29, 1.82) is 0 Å². The van der Waals surface area contributed by atoms with Gasteiger partial charge in [-0.2, -0.15) is 25.6 Å². The van der Waals surface area contributed by atoms with Crippen LogP contribution in [0.5, 0.6) is 0 Å². The minimum Gasteiger partial charge on any atom is -0.744 e. The van der Waals surface area contributed by atoms with Crippen molar-refractivity contribution < 1.29 is 222 Å². The average molecular weight is 1110 g/mol. The van der Waals surface area contributed by atoms with Gasteiger partial charge >= 0.3 is 148 Å². The molecule has 0 aromatic heterocycles. The van der Waals surface area contributed by atoms with E-state index >= 15 is 0 Å². The van der Waals surface area contributed by atoms with Crippen LogP contribution in [0.25, 0.3) is 18.2 Å². The van der Waals surface area contributed by atoms with Gasteiger partial charge in [0, 0.05) is 17.7 Å². The van der Waals surface area contributed by atoms with Gasteiger partial charge in [0.2, 0.25) is 5.78 Å². The topological polar surface area (TPSA) is 420 Å². The van der Waals surface area contributed by atoms with Crippen molar-refractivity contribution in [3.8, 4) is 0 Å². The molecule has 0 bridgehead atoms. The summed E-state index contributed by atoms with van der Waals surface area (Å²) in [7, 11) is -26.2. The molecule has 0 saturated heterocycles. The van der Waals surface area contributed by atoms with Crippen LogP contribution in [0.15, 0.2) is 147 Å². The molecule has 0 unspecified atom stereocenters. The molecule has 0 fully saturated rings. The monoisotopic (exact) mass is 1110 g/mol. The molecule has 342 valence electrons. The van der Waals surface area contributed by atoms with Crippen LogP contribution in [-0.2, 0) is 50.6 Å². The number of rotatable bonds is 14. The van der Waals surface area contributed by atoms with Gasteiger partial charge in [-0.15, -0.1) is 0 Å². The van der Waals surface area contributed by atoms with Crippen molar-refractivity contribution in [3.63, 3.8) is 0 Å². The summed E-state index contributed by atoms with van der Waals surface area (Å²) in [6, 6.07) is 15.5. The molecule has 0 spiro atoms. The molecule has 0 aliphatic heterocycles. The van der Waals surface area contributed by atoms with Crippen LogP contribution in [0.2, 0.25) is 0 Å². The third-order valence-electron chi connectivity index (χ3n) is 8.68. The molecule has 25 nitrogen and oxygen atoms in total. The van der Waals surface area contributed by atoms with Crippen LogP contribution in [-0.4, -0.2) is 81.3 Å². The van der Waals surface area contributed by atoms with E-state index in [1.807, 2.05) is 0 Å². The van der Waals surface area contributed by atoms with Crippen LogP contribution in [0.4, 0.5) is 34.1 Å². The van der Waals surface area contributed by atoms with Crippen molar-refractivity contribution in [2.45, 2.75) is 19.6 Å². The van der Waals surface area contributed by atoms with Gasteiger partial charge in [-0.25, -0.2) is 42.1 Å². The molecule has 6 rings (SSSR count). The van der Waals surface area contributed by atoms with Crippen LogP contribution < -0.4 is 153 Å². The van der Waals surface area contributed by atoms with E-state index in [9.17, 15) is 79.8 Å². The fourth-order valence-corrected chi connectivity index (χ4v) is 8.84. The number of hydrogen-bond donors (Lipinski definition) is 1. The van der Waals surface area contributed by atoms with Gasteiger partial charge in [-0.3, -0.25) is 20.3 Å². The Morgan fingerprint density at radius 1 is 0.493 bits per heavy atom. The first kappa shape index (κ1) is 66.9. The predicted molar refractivity (Wildman–Crippen MR) is 221 cm³/mol. The molecule has 5 aromatic carbocycles. The fraction of sp³-hybridized carbons (Fsp3) is 0. The number of nitro groups is 1. The van der Waals surface area contributed by atoms with Gasteiger partial charge in [-0.05, 0) is 102 Å². The number of benzene rings is 5. The number of carbonyl (C=O) groups excluding carboxylic acids is 1. The van der Waals surface area contributed by atoms with E-state index in [1.165, 1.54) is 6.07 Å². The van der Waals surface area contributed by atoms with E-state index in [1.54, 1.807) is 0 Å². The van der Waals surface area contributed by atoms with Gasteiger partial charge in [0.15, 0.2) is 0 Å². The summed E-state index contributed by atoms with van der Waals surface area (Å²) in [6.45, 7) is 0. The maximum absolute atomic E-state index is 13.5. The summed E-state index contributed by atoms with van der Waals surface area (Å²) >= 11 is 0. The van der Waals surface area contributed by atoms with Crippen molar-refractivity contribution in [1.82, 2.24) is 0 Å². The molecule has 71 heavy (non-hydrogen) atoms. The molecule has 1 aliphatic carbocycles. The Labute approximate surface area is 514 Å². The van der Waals surface area contributed by atoms with E-state index in [4.69, 9.17) is 0 Å². The Hall–Kier alpha value is -2.13. The minimum atomic E-state index is -5.53. The number of nitrogens with one attached hydrogen (secondary N) is 1. The maximum atomic E-state index is 13.5. The normalized spacial score (nSPS) is 13.5. The number of hydrogen-bond acceptors (Lipinski definition) is 24. The third-order valence-corrected chi connectivity index (χ3v) is 13.0. The number of non-ortho nitro benzene ring substituents is 1. The van der Waals surface area contributed by atoms with E-state index in [-0.39, 0.29) is 193 Å². The zero-order valence-corrected chi connectivity index (χ0v) is 51.1. The Morgan fingerprint density at radius 3 is 1.42 bits per heavy atom. The second-order valence-corrected chi connectivity index (χ2v) is 19.8. The predicted octanol–water partition coefficient (Wildman–Crippen LogP) is -10.2. The number of allylic oxidation sites excluding steroid dienone is 1. The summed E-state index contributed by atoms with van der Waals surface area (Å²) in [6.07, 6.45) is 2.60. The quantitative estimate of drug-likeness (QED) is 0.0269. The number of ketones is 1. The van der Waals surface area contributed by atoms with Crippen LogP contribution in [0, 0.1) is 10.1 Å². The third kappa shape index (κ3) is 17.5. The van der Waals surface area contributed by atoms with Crippen LogP contribution in [0.3, 0.4) is 0 Å². The van der Waals surface area contributed by atoms with Crippen LogP contribution >= 0.6 is 0 Å². The molecule has 0 radical (unpaired) electrons. The molecule has 0 atom stereocenters. The summed E-state index contributed by atoms with van der Waals surface area (Å²) < 4.78 is 179. The molecule has 5 aromatic rings. The number of nitro benzene ring substituents is 1. The minimum absolute atomic E-state index is 0. The molecule has 1 aliphatic rings. The number of anilines is 1. The second-order valence-electron chi connectivity index (χ2n) is 13.1. The van der Waals surface area contributed by atoms with E-state index in [0.29, 0.717) is 6.07 Å². The molecular formula is C36H20N7Na5O18S5. The summed E-state index contributed by atoms with van der Waals surface area (Å²) in [5.74, 6) is -1.19. The van der Waals surface area contributed by atoms with Gasteiger partial charge in [0.1, 0.15) is 56.3 Å². The standard InChI is InChI=1S/C36H25N7O18S5.5Na/c44-36-29-13-8-24(38-40-25-5-3-20(31(17-25)63(50,51)52)1-2-21-4-10-27(43(45)46)19-32(21)64(53,54)55)15-22(29)16-34(66(59,60)61)35(36)42-41-30-14-9-26(18-33(30)65(56,57)58)39-37-23-6-11-28(12-7-23)62(47,48)49;;;;;/h1-19,41H,(H,47,48,49)(H,50,51,52)(H,53,54,55)(H,56,57,58)(H,59,60,61);;;;;/q;5*+1/p-5. The van der Waals surface area contributed by atoms with E-state index in [0.717, 1.165) is 103 Å². The number of fused-ring (bicyclic) bond motifs is 1. The van der Waals surface area contributed by atoms with Crippen LogP contribution in [0.1, 0.15) is 27.0 Å². The molecule has 0 saturated carbocycles. The van der Waals surface area contributed by atoms with Crippen molar-refractivity contribution in [2.24, 2.45) is 25.6 Å². The first-order chi connectivity index (χ1) is 30.6. The van der Waals surface area contributed by atoms with E-state index in [2.05, 4.69) is 31.0 Å². The Balaban J connectivity index is 0.00000504. The average Bonchev–Trinajstić information content (AvgIpc) is 3.22. The zero-order chi connectivity index (χ0) is 48.6. The number of azo groups is 2. The second kappa shape index (κ2) is 26.6. The summed E-state index contributed by atoms with van der Waals surface area (Å²) in [5, 5.41) is 30.0. The SMILES string of the molecule is O=C1C(=NNc2ccc(N=Nc3ccc(S(=O)(=O)[O-])cc3)cc2S(=O)(=O)[O-])C(S(=O)(=O)[O-])=Cc2cc(N=Nc3ccc(C=Cc4ccc([N+](=O)[O-])cc4S(=O)(=O)[O-])c(S(=O)(=O)[O-])c3)ccc21.[Na+].[Na+].[Na+].[Na+].[Na+]. The molecule has 0 amide bonds. The van der Waals surface area contributed by atoms with Gasteiger partial charge < -0.3 is 22.8 Å². The summed E-state index contributed by atoms with van der Waals surface area (Å²) in [4.78, 5) is 19.0. The first-order valence-electron chi connectivity index (χ1n) is 17.3. The van der Waals surface area contributed by atoms with Gasteiger partial charge in [0.25, 0.3) is 5.69 Å². The fourth-order valence-electron chi connectivity index (χ4n) is 5.69. The van der Waals surface area contributed by atoms with E-state index < -0.39 is 103 Å². The smallest absolute Gasteiger partial charge is 0.744 e. The zero-order valence-electron chi connectivity index (χ0n) is 37.0. The van der Waals surface area contributed by atoms with Gasteiger partial charge in [-0.1, -0.05) is 18.2 Å². The van der Waals surface area contributed by atoms with Crippen molar-refractivity contribution in [3.05, 3.63) is 134 Å². The van der Waals surface area contributed by atoms with Crippen molar-refractivity contribution in [2.75, 3.05) is 5.43 Å². The van der Waals surface area contributed by atoms with Gasteiger partial charge in [0.05, 0.1) is 57.8 Å². The number of nitrogens with zero attached hydrogens (tertiary/aromatic N) is 6. The number of carbonyl (C=O) groups is 1. The number of hydrazone groups is 1. The Kier molecular flexibility index (Phi) is 25.0. The molecule has 0 heterocycles. The number of Topliss-reactive ketones (excluding diaryl/α,β-unsaturated/α-hetero) is 1. The Morgan fingerprint density at radius 2 is 0.930 bits per heavy atom. The molecule has 1 N–H and O–H groups in total. The molecular weight excluding hydrogens is 1090 g/mol. The first-order valence-corrected chi connectivity index (χ1v) is 24.4. The summed E-state index contributed by atoms with van der Waals surface area (Å²) in [5.41, 5.74) is -2.10. The molecule has 35 heteroatoms. The Bertz CT molecular complexity index is 3660. The largest absolute Gasteiger partial charge is 1.00 e. The van der Waals surface area contributed by atoms with Crippen molar-refractivity contribution >= 4 is 114 Å². The maximum Gasteiger partial charge on any atom is 1.00 e.